The van der Waals surface area contributed by atoms with E-state index in [2.05, 4.69) is 15.9 Å². The Morgan fingerprint density at radius 3 is 2.55 bits per heavy atom. The van der Waals surface area contributed by atoms with Crippen LogP contribution in [0, 0.1) is 0 Å². The summed E-state index contributed by atoms with van der Waals surface area (Å²) in [4.78, 5) is 1.78. The largest absolute Gasteiger partial charge is 0.417 e. The molecule has 1 unspecified atom stereocenters. The second kappa shape index (κ2) is 5.87. The second-order valence-electron chi connectivity index (χ2n) is 4.41. The average molecular weight is 364 g/mol. The standard InChI is InChI=1S/C14H13BrF3NS/c1-2-11(19)13-6-5-12(20-13)8-3-4-10(15)9(7-8)14(16,17)18/h3-7,11H,2,19H2,1H3. The van der Waals surface area contributed by atoms with Crippen LogP contribution in [-0.4, -0.2) is 0 Å². The maximum Gasteiger partial charge on any atom is 0.417 e. The monoisotopic (exact) mass is 363 g/mol. The molecule has 2 aromatic rings. The van der Waals surface area contributed by atoms with Crippen LogP contribution in [0.2, 0.25) is 0 Å². The summed E-state index contributed by atoms with van der Waals surface area (Å²) in [6.07, 6.45) is -3.57. The molecule has 0 fully saturated rings. The number of nitrogens with two attached hydrogens (primary N) is 1. The molecule has 0 aliphatic heterocycles. The fraction of sp³-hybridized carbons (Fsp3) is 0.286. The SMILES string of the molecule is CCC(N)c1ccc(-c2ccc(Br)c(C(F)(F)F)c2)s1. The summed E-state index contributed by atoms with van der Waals surface area (Å²) in [5.41, 5.74) is 5.83. The minimum atomic E-state index is -4.37. The molecule has 0 saturated carbocycles. The normalized spacial score (nSPS) is 13.5. The quantitative estimate of drug-likeness (QED) is 0.753. The zero-order valence-electron chi connectivity index (χ0n) is 10.7. The molecule has 0 amide bonds. The van der Waals surface area contributed by atoms with Crippen LogP contribution in [0.25, 0.3) is 10.4 Å². The molecule has 20 heavy (non-hydrogen) atoms. The van der Waals surface area contributed by atoms with E-state index < -0.39 is 11.7 Å². The van der Waals surface area contributed by atoms with Crippen molar-refractivity contribution < 1.29 is 13.2 Å². The Labute approximate surface area is 127 Å². The highest BCUT2D eigenvalue weighted by molar-refractivity contribution is 9.10. The Morgan fingerprint density at radius 1 is 1.25 bits per heavy atom. The van der Waals surface area contributed by atoms with Crippen molar-refractivity contribution in [3.05, 3.63) is 45.2 Å². The van der Waals surface area contributed by atoms with Crippen molar-refractivity contribution in [2.45, 2.75) is 25.6 Å². The second-order valence-corrected chi connectivity index (χ2v) is 6.38. The molecule has 0 aliphatic rings. The van der Waals surface area contributed by atoms with Gasteiger partial charge >= 0.3 is 6.18 Å². The van der Waals surface area contributed by atoms with Crippen LogP contribution in [0.1, 0.15) is 29.8 Å². The van der Waals surface area contributed by atoms with E-state index in [1.165, 1.54) is 17.4 Å². The summed E-state index contributed by atoms with van der Waals surface area (Å²) >= 11 is 4.38. The number of thiophene rings is 1. The van der Waals surface area contributed by atoms with E-state index in [0.717, 1.165) is 22.2 Å². The van der Waals surface area contributed by atoms with E-state index in [1.54, 1.807) is 6.07 Å². The predicted octanol–water partition coefficient (Wildman–Crippen LogP) is 5.61. The Hall–Kier alpha value is -0.850. The van der Waals surface area contributed by atoms with Crippen molar-refractivity contribution in [2.75, 3.05) is 0 Å². The zero-order valence-corrected chi connectivity index (χ0v) is 13.1. The first-order valence-corrected chi connectivity index (χ1v) is 7.66. The van der Waals surface area contributed by atoms with Crippen molar-refractivity contribution in [2.24, 2.45) is 5.73 Å². The highest BCUT2D eigenvalue weighted by Crippen LogP contribution is 2.39. The lowest BCUT2D eigenvalue weighted by atomic mass is 10.1. The number of hydrogen-bond donors (Lipinski definition) is 1. The van der Waals surface area contributed by atoms with Crippen LogP contribution in [0.5, 0.6) is 0 Å². The minimum absolute atomic E-state index is 0.0517. The first-order valence-electron chi connectivity index (χ1n) is 6.05. The Morgan fingerprint density at radius 2 is 1.95 bits per heavy atom. The lowest BCUT2D eigenvalue weighted by molar-refractivity contribution is -0.138. The lowest BCUT2D eigenvalue weighted by Gasteiger charge is -2.10. The summed E-state index contributed by atoms with van der Waals surface area (Å²) in [5, 5.41) is 0. The number of benzene rings is 1. The van der Waals surface area contributed by atoms with Crippen molar-refractivity contribution in [3.8, 4) is 10.4 Å². The summed E-state index contributed by atoms with van der Waals surface area (Å²) in [5.74, 6) is 0. The van der Waals surface area contributed by atoms with Crippen LogP contribution in [0.15, 0.2) is 34.8 Å². The van der Waals surface area contributed by atoms with Gasteiger partial charge in [-0.2, -0.15) is 13.2 Å². The molecule has 1 heterocycles. The molecule has 1 aromatic heterocycles. The summed E-state index contributed by atoms with van der Waals surface area (Å²) < 4.78 is 38.7. The first-order chi connectivity index (χ1) is 9.32. The van der Waals surface area contributed by atoms with Gasteiger partial charge in [-0.1, -0.05) is 28.9 Å². The van der Waals surface area contributed by atoms with Gasteiger partial charge in [0, 0.05) is 20.3 Å². The maximum absolute atomic E-state index is 12.9. The van der Waals surface area contributed by atoms with Gasteiger partial charge in [-0.25, -0.2) is 0 Å². The first kappa shape index (κ1) is 15.5. The van der Waals surface area contributed by atoms with Crippen molar-refractivity contribution in [1.82, 2.24) is 0 Å². The van der Waals surface area contributed by atoms with E-state index in [-0.39, 0.29) is 10.5 Å². The third-order valence-electron chi connectivity index (χ3n) is 2.99. The van der Waals surface area contributed by atoms with Gasteiger partial charge in [0.05, 0.1) is 5.56 Å². The van der Waals surface area contributed by atoms with E-state index >= 15 is 0 Å². The molecule has 0 radical (unpaired) electrons. The van der Waals surface area contributed by atoms with Crippen molar-refractivity contribution in [1.29, 1.82) is 0 Å². The fourth-order valence-corrected chi connectivity index (χ4v) is 3.36. The van der Waals surface area contributed by atoms with Crippen LogP contribution in [-0.2, 0) is 6.18 Å². The van der Waals surface area contributed by atoms with Crippen molar-refractivity contribution in [3.63, 3.8) is 0 Å². The Bertz CT molecular complexity index is 607. The van der Waals surface area contributed by atoms with Crippen LogP contribution < -0.4 is 5.73 Å². The van der Waals surface area contributed by atoms with E-state index in [9.17, 15) is 13.2 Å². The van der Waals surface area contributed by atoms with Crippen LogP contribution >= 0.6 is 27.3 Å². The molecular formula is C14H13BrF3NS. The van der Waals surface area contributed by atoms with E-state index in [1.807, 2.05) is 19.1 Å². The molecular weight excluding hydrogens is 351 g/mol. The van der Waals surface area contributed by atoms with E-state index in [0.29, 0.717) is 5.56 Å². The molecule has 2 rings (SSSR count). The van der Waals surface area contributed by atoms with Gasteiger partial charge < -0.3 is 5.73 Å². The highest BCUT2D eigenvalue weighted by atomic mass is 79.9. The average Bonchev–Trinajstić information content (AvgIpc) is 2.86. The lowest BCUT2D eigenvalue weighted by Crippen LogP contribution is -2.06. The number of alkyl halides is 3. The summed E-state index contributed by atoms with van der Waals surface area (Å²) in [7, 11) is 0. The molecule has 6 heteroatoms. The molecule has 1 nitrogen and oxygen atoms in total. The van der Waals surface area contributed by atoms with Gasteiger partial charge in [-0.05, 0) is 36.2 Å². The molecule has 1 atom stereocenters. The topological polar surface area (TPSA) is 26.0 Å². The van der Waals surface area contributed by atoms with Crippen LogP contribution in [0.3, 0.4) is 0 Å². The number of hydrogen-bond acceptors (Lipinski definition) is 2. The van der Waals surface area contributed by atoms with Gasteiger partial charge in [-0.15, -0.1) is 11.3 Å². The number of halogens is 4. The van der Waals surface area contributed by atoms with Gasteiger partial charge in [0.2, 0.25) is 0 Å². The zero-order chi connectivity index (χ0) is 14.9. The van der Waals surface area contributed by atoms with Crippen LogP contribution in [0.4, 0.5) is 13.2 Å². The highest BCUT2D eigenvalue weighted by Gasteiger charge is 2.33. The number of rotatable bonds is 3. The van der Waals surface area contributed by atoms with E-state index in [4.69, 9.17) is 5.73 Å². The Balaban J connectivity index is 2.41. The molecule has 0 bridgehead atoms. The third-order valence-corrected chi connectivity index (χ3v) is 4.95. The third kappa shape index (κ3) is 3.24. The fourth-order valence-electron chi connectivity index (χ4n) is 1.80. The molecule has 0 aliphatic carbocycles. The smallest absolute Gasteiger partial charge is 0.323 e. The molecule has 108 valence electrons. The maximum atomic E-state index is 12.9. The molecule has 0 spiro atoms. The van der Waals surface area contributed by atoms with Gasteiger partial charge in [-0.3, -0.25) is 0 Å². The van der Waals surface area contributed by atoms with Gasteiger partial charge in [0.25, 0.3) is 0 Å². The summed E-state index contributed by atoms with van der Waals surface area (Å²) in [6.45, 7) is 1.98. The van der Waals surface area contributed by atoms with Gasteiger partial charge in [0.15, 0.2) is 0 Å². The molecule has 0 saturated heterocycles. The van der Waals surface area contributed by atoms with Gasteiger partial charge in [0.1, 0.15) is 0 Å². The van der Waals surface area contributed by atoms with Crippen molar-refractivity contribution >= 4 is 27.3 Å². The molecule has 2 N–H and O–H groups in total. The predicted molar refractivity (Wildman–Crippen MR) is 79.7 cm³/mol. The summed E-state index contributed by atoms with van der Waals surface area (Å²) in [6, 6.07) is 7.90. The Kier molecular flexibility index (Phi) is 4.56. The molecule has 1 aromatic carbocycles. The minimum Gasteiger partial charge on any atom is -0.323 e.